The molecule has 0 aliphatic carbocycles. The Morgan fingerprint density at radius 2 is 2.00 bits per heavy atom. The molecule has 3 N–H and O–H groups in total. The van der Waals surface area contributed by atoms with Gasteiger partial charge in [-0.25, -0.2) is 0 Å². The smallest absolute Gasteiger partial charge is 0.316 e. The van der Waals surface area contributed by atoms with Gasteiger partial charge in [-0.15, -0.1) is 20.4 Å². The Morgan fingerprint density at radius 3 is 2.59 bits per heavy atom. The number of ether oxygens (including phenoxy) is 1. The Hall–Kier alpha value is -2.21. The van der Waals surface area contributed by atoms with E-state index in [0.717, 1.165) is 16.8 Å². The number of hydrogen-bond donors (Lipinski definition) is 2. The fourth-order valence-corrected chi connectivity index (χ4v) is 3.74. The normalized spacial score (nSPS) is 12.2. The summed E-state index contributed by atoms with van der Waals surface area (Å²) in [4.78, 5) is 24.3. The molecule has 2 rings (SSSR count). The first-order chi connectivity index (χ1) is 12.9. The van der Waals surface area contributed by atoms with Crippen LogP contribution in [0.4, 0.5) is 11.1 Å². The van der Waals surface area contributed by atoms with Crippen LogP contribution in [-0.4, -0.2) is 49.2 Å². The zero-order valence-corrected chi connectivity index (χ0v) is 17.3. The SMILES string of the molecule is CCOC(=O)CSc1nnc(N)n1C(CC)C(=O)Nc1nnc(C(C)C)s1. The lowest BCUT2D eigenvalue weighted by molar-refractivity contribution is -0.139. The zero-order valence-electron chi connectivity index (χ0n) is 15.6. The van der Waals surface area contributed by atoms with Crippen LogP contribution in [0.15, 0.2) is 5.16 Å². The minimum Gasteiger partial charge on any atom is -0.465 e. The highest BCUT2D eigenvalue weighted by Gasteiger charge is 2.26. The van der Waals surface area contributed by atoms with Gasteiger partial charge in [0.05, 0.1) is 12.4 Å². The van der Waals surface area contributed by atoms with Crippen LogP contribution in [0.3, 0.4) is 0 Å². The van der Waals surface area contributed by atoms with Gasteiger partial charge >= 0.3 is 5.97 Å². The highest BCUT2D eigenvalue weighted by molar-refractivity contribution is 7.99. The number of aromatic nitrogens is 5. The number of anilines is 2. The standard InChI is InChI=1S/C15H23N7O3S2/c1-5-9(11(24)17-14-20-18-12(27-14)8(3)4)22-13(16)19-21-15(22)26-7-10(23)25-6-2/h8-9H,5-7H2,1-4H3,(H2,16,19)(H,17,20,24). The number of nitrogens with one attached hydrogen (secondary N) is 1. The molecule has 10 nitrogen and oxygen atoms in total. The molecule has 0 aliphatic rings. The van der Waals surface area contributed by atoms with Crippen molar-refractivity contribution >= 4 is 46.1 Å². The lowest BCUT2D eigenvalue weighted by Crippen LogP contribution is -2.27. The van der Waals surface area contributed by atoms with E-state index in [1.807, 2.05) is 20.8 Å². The van der Waals surface area contributed by atoms with Gasteiger partial charge in [-0.3, -0.25) is 19.5 Å². The van der Waals surface area contributed by atoms with E-state index in [-0.39, 0.29) is 29.5 Å². The molecule has 1 unspecified atom stereocenters. The van der Waals surface area contributed by atoms with Crippen LogP contribution in [0.1, 0.15) is 51.1 Å². The van der Waals surface area contributed by atoms with E-state index in [9.17, 15) is 9.59 Å². The van der Waals surface area contributed by atoms with Gasteiger partial charge in [0, 0.05) is 5.92 Å². The first-order valence-electron chi connectivity index (χ1n) is 8.50. The van der Waals surface area contributed by atoms with Crippen molar-refractivity contribution in [2.75, 3.05) is 23.4 Å². The van der Waals surface area contributed by atoms with Gasteiger partial charge in [-0.1, -0.05) is 43.9 Å². The Labute approximate surface area is 165 Å². The van der Waals surface area contributed by atoms with Crippen LogP contribution < -0.4 is 11.1 Å². The fourth-order valence-electron chi connectivity index (χ4n) is 2.20. The Morgan fingerprint density at radius 1 is 1.26 bits per heavy atom. The number of rotatable bonds is 9. The second-order valence-electron chi connectivity index (χ2n) is 5.82. The summed E-state index contributed by atoms with van der Waals surface area (Å²) in [7, 11) is 0. The quantitative estimate of drug-likeness (QED) is 0.467. The molecular weight excluding hydrogens is 390 g/mol. The molecule has 0 aromatic carbocycles. The summed E-state index contributed by atoms with van der Waals surface area (Å²) in [6.45, 7) is 7.90. The number of thioether (sulfide) groups is 1. The summed E-state index contributed by atoms with van der Waals surface area (Å²) in [6.07, 6.45) is 0.455. The Bertz CT molecular complexity index is 790. The summed E-state index contributed by atoms with van der Waals surface area (Å²) >= 11 is 2.45. The molecular formula is C15H23N7O3S2. The first-order valence-corrected chi connectivity index (χ1v) is 10.3. The average molecular weight is 414 g/mol. The van der Waals surface area contributed by atoms with E-state index in [1.165, 1.54) is 15.9 Å². The number of carbonyl (C=O) groups is 2. The minimum absolute atomic E-state index is 0.0537. The summed E-state index contributed by atoms with van der Waals surface area (Å²) in [5.74, 6) is -0.285. The van der Waals surface area contributed by atoms with Crippen LogP contribution in [0.2, 0.25) is 0 Å². The predicted molar refractivity (Wildman–Crippen MR) is 104 cm³/mol. The van der Waals surface area contributed by atoms with Gasteiger partial charge in [-0.05, 0) is 13.3 Å². The van der Waals surface area contributed by atoms with Crippen LogP contribution in [-0.2, 0) is 14.3 Å². The molecule has 0 spiro atoms. The lowest BCUT2D eigenvalue weighted by Gasteiger charge is -2.18. The summed E-state index contributed by atoms with van der Waals surface area (Å²) in [5.41, 5.74) is 5.91. The maximum absolute atomic E-state index is 12.8. The van der Waals surface area contributed by atoms with E-state index >= 15 is 0 Å². The number of hydrogen-bond acceptors (Lipinski definition) is 10. The molecule has 0 bridgehead atoms. The first kappa shape index (κ1) is 21.1. The molecule has 2 heterocycles. The maximum Gasteiger partial charge on any atom is 0.316 e. The van der Waals surface area contributed by atoms with E-state index in [4.69, 9.17) is 10.5 Å². The van der Waals surface area contributed by atoms with Gasteiger partial charge in [-0.2, -0.15) is 0 Å². The van der Waals surface area contributed by atoms with E-state index in [1.54, 1.807) is 6.92 Å². The third kappa shape index (κ3) is 5.39. The van der Waals surface area contributed by atoms with Crippen molar-refractivity contribution in [1.82, 2.24) is 25.0 Å². The van der Waals surface area contributed by atoms with Gasteiger partial charge in [0.15, 0.2) is 5.16 Å². The molecule has 2 aromatic rings. The summed E-state index contributed by atoms with van der Waals surface area (Å²) in [5, 5.41) is 20.3. The highest BCUT2D eigenvalue weighted by atomic mass is 32.2. The van der Waals surface area contributed by atoms with Crippen LogP contribution in [0.5, 0.6) is 0 Å². The second-order valence-corrected chi connectivity index (χ2v) is 7.77. The van der Waals surface area contributed by atoms with Crippen molar-refractivity contribution in [2.24, 2.45) is 0 Å². The Balaban J connectivity index is 2.14. The molecule has 0 radical (unpaired) electrons. The summed E-state index contributed by atoms with van der Waals surface area (Å²) < 4.78 is 6.42. The van der Waals surface area contributed by atoms with E-state index in [2.05, 4.69) is 25.7 Å². The Kier molecular flexibility index (Phi) is 7.54. The third-order valence-corrected chi connectivity index (χ3v) is 5.54. The number of nitrogens with two attached hydrogens (primary N) is 1. The molecule has 12 heteroatoms. The summed E-state index contributed by atoms with van der Waals surface area (Å²) in [6, 6.07) is -0.643. The molecule has 0 aliphatic heterocycles. The predicted octanol–water partition coefficient (Wildman–Crippen LogP) is 2.08. The lowest BCUT2D eigenvalue weighted by atomic mass is 10.2. The second kappa shape index (κ2) is 9.65. The van der Waals surface area contributed by atoms with Crippen molar-refractivity contribution in [1.29, 1.82) is 0 Å². The maximum atomic E-state index is 12.8. The van der Waals surface area contributed by atoms with Gasteiger partial charge in [0.1, 0.15) is 11.0 Å². The van der Waals surface area contributed by atoms with Crippen molar-refractivity contribution < 1.29 is 14.3 Å². The minimum atomic E-state index is -0.643. The molecule has 1 atom stereocenters. The molecule has 2 aromatic heterocycles. The third-order valence-electron chi connectivity index (χ3n) is 3.48. The largest absolute Gasteiger partial charge is 0.465 e. The number of nitrogen functional groups attached to an aromatic ring is 1. The van der Waals surface area contributed by atoms with Crippen LogP contribution in [0.25, 0.3) is 0 Å². The van der Waals surface area contributed by atoms with Crippen LogP contribution in [0, 0.1) is 0 Å². The molecule has 0 fully saturated rings. The monoisotopic (exact) mass is 413 g/mol. The molecule has 0 saturated carbocycles. The number of carbonyl (C=O) groups excluding carboxylic acids is 2. The number of nitrogens with zero attached hydrogens (tertiary/aromatic N) is 5. The van der Waals surface area contributed by atoms with Crippen molar-refractivity contribution in [3.05, 3.63) is 5.01 Å². The molecule has 148 valence electrons. The van der Waals surface area contributed by atoms with Gasteiger partial charge < -0.3 is 10.5 Å². The van der Waals surface area contributed by atoms with Crippen molar-refractivity contribution in [2.45, 2.75) is 51.2 Å². The average Bonchev–Trinajstić information content (AvgIpc) is 3.22. The van der Waals surface area contributed by atoms with E-state index in [0.29, 0.717) is 23.3 Å². The molecule has 27 heavy (non-hydrogen) atoms. The number of amides is 1. The zero-order chi connectivity index (χ0) is 20.0. The fraction of sp³-hybridized carbons (Fsp3) is 0.600. The molecule has 0 saturated heterocycles. The highest BCUT2D eigenvalue weighted by Crippen LogP contribution is 2.27. The van der Waals surface area contributed by atoms with Gasteiger partial charge in [0.2, 0.25) is 17.0 Å². The van der Waals surface area contributed by atoms with E-state index < -0.39 is 6.04 Å². The number of esters is 1. The van der Waals surface area contributed by atoms with Crippen LogP contribution >= 0.6 is 23.1 Å². The van der Waals surface area contributed by atoms with Crippen molar-refractivity contribution in [3.63, 3.8) is 0 Å². The topological polar surface area (TPSA) is 138 Å². The van der Waals surface area contributed by atoms with Crippen molar-refractivity contribution in [3.8, 4) is 0 Å². The van der Waals surface area contributed by atoms with Gasteiger partial charge in [0.25, 0.3) is 0 Å². The molecule has 1 amide bonds.